The number of hydrogen-bond donors (Lipinski definition) is 0. The third kappa shape index (κ3) is 3.03. The molecule has 0 unspecified atom stereocenters. The lowest BCUT2D eigenvalue weighted by atomic mass is 10.2. The second kappa shape index (κ2) is 5.71. The molecule has 0 aliphatic heterocycles. The van der Waals surface area contributed by atoms with Gasteiger partial charge in [-0.05, 0) is 36.4 Å². The summed E-state index contributed by atoms with van der Waals surface area (Å²) < 4.78 is 1.07. The monoisotopic (exact) mass is 275 g/mol. The normalized spacial score (nSPS) is 10.1. The zero-order valence-corrected chi connectivity index (χ0v) is 11.5. The van der Waals surface area contributed by atoms with Crippen LogP contribution in [0.1, 0.15) is 10.5 Å². The number of rotatable bonds is 3. The number of hydrogen-bond acceptors (Lipinski definition) is 3. The molecule has 1 aromatic carbocycles. The van der Waals surface area contributed by atoms with Gasteiger partial charge in [0.25, 0.3) is 5.91 Å². The van der Waals surface area contributed by atoms with E-state index in [1.165, 1.54) is 0 Å². The summed E-state index contributed by atoms with van der Waals surface area (Å²) in [6.45, 7) is 0. The summed E-state index contributed by atoms with van der Waals surface area (Å²) in [6, 6.07) is 12.5. The van der Waals surface area contributed by atoms with Gasteiger partial charge in [0.2, 0.25) is 0 Å². The van der Waals surface area contributed by atoms with Crippen LogP contribution in [0.3, 0.4) is 0 Å². The third-order valence-electron chi connectivity index (χ3n) is 2.66. The van der Waals surface area contributed by atoms with Crippen molar-refractivity contribution in [2.24, 2.45) is 0 Å². The Labute approximate surface area is 117 Å². The van der Waals surface area contributed by atoms with E-state index in [2.05, 4.69) is 4.98 Å². The van der Waals surface area contributed by atoms with Gasteiger partial charge in [-0.2, -0.15) is 0 Å². The summed E-state index contributed by atoms with van der Waals surface area (Å²) in [7, 11) is 3.90. The van der Waals surface area contributed by atoms with Gasteiger partial charge in [0.05, 0.1) is 5.69 Å². The van der Waals surface area contributed by atoms with E-state index in [0.29, 0.717) is 11.4 Å². The van der Waals surface area contributed by atoms with E-state index in [0.717, 1.165) is 10.1 Å². The summed E-state index contributed by atoms with van der Waals surface area (Å²) in [5.41, 5.74) is 1.97. The van der Waals surface area contributed by atoms with Crippen LogP contribution in [0.4, 0.5) is 11.4 Å². The fourth-order valence-electron chi connectivity index (χ4n) is 1.59. The van der Waals surface area contributed by atoms with Gasteiger partial charge < -0.3 is 4.90 Å². The van der Waals surface area contributed by atoms with Gasteiger partial charge in [0.1, 0.15) is 5.69 Å². The van der Waals surface area contributed by atoms with E-state index in [9.17, 15) is 4.79 Å². The first-order valence-corrected chi connectivity index (χ1v) is 6.12. The minimum atomic E-state index is -0.347. The van der Waals surface area contributed by atoms with Crippen molar-refractivity contribution in [3.63, 3.8) is 0 Å². The van der Waals surface area contributed by atoms with Crippen LogP contribution in [0.2, 0.25) is 0 Å². The molecule has 98 valence electrons. The van der Waals surface area contributed by atoms with E-state index < -0.39 is 0 Å². The number of halogens is 1. The van der Waals surface area contributed by atoms with E-state index in [-0.39, 0.29) is 5.91 Å². The number of aromatic nitrogens is 1. The molecule has 0 N–H and O–H groups in total. The summed E-state index contributed by atoms with van der Waals surface area (Å²) in [5.74, 6) is -0.347. The van der Waals surface area contributed by atoms with E-state index >= 15 is 0 Å². The van der Waals surface area contributed by atoms with Crippen LogP contribution in [0, 0.1) is 0 Å². The molecule has 0 atom stereocenters. The maximum absolute atomic E-state index is 12.1. The number of pyridine rings is 1. The van der Waals surface area contributed by atoms with Crippen LogP contribution in [-0.4, -0.2) is 25.0 Å². The quantitative estimate of drug-likeness (QED) is 0.808. The fraction of sp³-hybridized carbons (Fsp3) is 0.143. The highest BCUT2D eigenvalue weighted by Crippen LogP contribution is 2.22. The summed E-state index contributed by atoms with van der Waals surface area (Å²) in [6.07, 6.45) is 1.56. The summed E-state index contributed by atoms with van der Waals surface area (Å²) in [5, 5.41) is 0. The molecule has 0 bridgehead atoms. The minimum absolute atomic E-state index is 0.314. The Morgan fingerprint density at radius 2 is 1.68 bits per heavy atom. The van der Waals surface area contributed by atoms with Crippen molar-refractivity contribution in [3.8, 4) is 0 Å². The van der Waals surface area contributed by atoms with Crippen molar-refractivity contribution in [2.45, 2.75) is 0 Å². The molecule has 2 rings (SSSR count). The van der Waals surface area contributed by atoms with Crippen LogP contribution in [-0.2, 0) is 0 Å². The molecule has 1 heterocycles. The fourth-order valence-corrected chi connectivity index (χ4v) is 1.79. The van der Waals surface area contributed by atoms with Crippen molar-refractivity contribution in [1.82, 2.24) is 4.98 Å². The Hall–Kier alpha value is -2.07. The maximum atomic E-state index is 12.1. The number of nitrogens with zero attached hydrogens (tertiary/aromatic N) is 3. The Bertz CT molecular complexity index is 555. The number of carbonyl (C=O) groups excluding carboxylic acids is 1. The first-order chi connectivity index (χ1) is 9.09. The molecule has 1 amide bonds. The van der Waals surface area contributed by atoms with Gasteiger partial charge in [-0.25, -0.2) is 4.42 Å². The van der Waals surface area contributed by atoms with Gasteiger partial charge in [0.15, 0.2) is 0 Å². The first kappa shape index (κ1) is 13.4. The van der Waals surface area contributed by atoms with E-state index in [4.69, 9.17) is 11.8 Å². The summed E-state index contributed by atoms with van der Waals surface area (Å²) >= 11 is 6.05. The molecule has 0 fully saturated rings. The van der Waals surface area contributed by atoms with Crippen LogP contribution in [0.5, 0.6) is 0 Å². The Balaban J connectivity index is 2.20. The van der Waals surface area contributed by atoms with Crippen molar-refractivity contribution in [3.05, 3.63) is 54.4 Å². The van der Waals surface area contributed by atoms with Gasteiger partial charge in [-0.3, -0.25) is 9.78 Å². The van der Waals surface area contributed by atoms with Crippen LogP contribution in [0.15, 0.2) is 48.7 Å². The van der Waals surface area contributed by atoms with Crippen molar-refractivity contribution in [1.29, 1.82) is 0 Å². The van der Waals surface area contributed by atoms with Gasteiger partial charge in [0, 0.05) is 37.8 Å². The molecule has 4 nitrogen and oxygen atoms in total. The SMILES string of the molecule is CN(C)c1ccc(N(Cl)C(=O)c2ccccn2)cc1. The van der Waals surface area contributed by atoms with Gasteiger partial charge in [-0.15, -0.1) is 0 Å². The van der Waals surface area contributed by atoms with Crippen molar-refractivity contribution in [2.75, 3.05) is 23.4 Å². The van der Waals surface area contributed by atoms with E-state index in [1.807, 2.05) is 31.1 Å². The second-order valence-electron chi connectivity index (χ2n) is 4.21. The van der Waals surface area contributed by atoms with Crippen LogP contribution in [0.25, 0.3) is 0 Å². The molecule has 0 aliphatic rings. The predicted molar refractivity (Wildman–Crippen MR) is 77.7 cm³/mol. The molecule has 0 saturated carbocycles. The zero-order chi connectivity index (χ0) is 13.8. The van der Waals surface area contributed by atoms with Crippen LogP contribution >= 0.6 is 11.8 Å². The average molecular weight is 276 g/mol. The predicted octanol–water partition coefficient (Wildman–Crippen LogP) is 2.95. The molecule has 1 aromatic heterocycles. The lowest BCUT2D eigenvalue weighted by Crippen LogP contribution is -2.21. The standard InChI is InChI=1S/C14H14ClN3O/c1-17(2)11-6-8-12(9-7-11)18(15)14(19)13-5-3-4-10-16-13/h3-10H,1-2H3. The molecule has 0 radical (unpaired) electrons. The van der Waals surface area contributed by atoms with Crippen molar-refractivity contribution >= 4 is 29.1 Å². The number of carbonyl (C=O) groups is 1. The molecule has 5 heteroatoms. The van der Waals surface area contributed by atoms with Crippen LogP contribution < -0.4 is 9.32 Å². The van der Waals surface area contributed by atoms with Gasteiger partial charge >= 0.3 is 0 Å². The highest BCUT2D eigenvalue weighted by molar-refractivity contribution is 6.39. The largest absolute Gasteiger partial charge is 0.378 e. The lowest BCUT2D eigenvalue weighted by molar-refractivity contribution is 0.100. The van der Waals surface area contributed by atoms with Crippen molar-refractivity contribution < 1.29 is 4.79 Å². The lowest BCUT2D eigenvalue weighted by Gasteiger charge is -2.16. The average Bonchev–Trinajstić information content (AvgIpc) is 2.46. The Morgan fingerprint density at radius 3 is 2.21 bits per heavy atom. The Kier molecular flexibility index (Phi) is 4.02. The van der Waals surface area contributed by atoms with E-state index in [1.54, 1.807) is 36.5 Å². The minimum Gasteiger partial charge on any atom is -0.378 e. The number of anilines is 2. The van der Waals surface area contributed by atoms with Gasteiger partial charge in [-0.1, -0.05) is 6.07 Å². The number of benzene rings is 1. The highest BCUT2D eigenvalue weighted by atomic mass is 35.5. The highest BCUT2D eigenvalue weighted by Gasteiger charge is 2.16. The maximum Gasteiger partial charge on any atom is 0.291 e. The zero-order valence-electron chi connectivity index (χ0n) is 10.7. The third-order valence-corrected chi connectivity index (χ3v) is 3.00. The first-order valence-electron chi connectivity index (χ1n) is 5.78. The summed E-state index contributed by atoms with van der Waals surface area (Å²) in [4.78, 5) is 18.0. The molecule has 19 heavy (non-hydrogen) atoms. The number of amides is 1. The molecule has 0 saturated heterocycles. The molecule has 0 aliphatic carbocycles. The Morgan fingerprint density at radius 1 is 1.05 bits per heavy atom. The molecule has 0 spiro atoms. The molecule has 2 aromatic rings. The smallest absolute Gasteiger partial charge is 0.291 e. The second-order valence-corrected chi connectivity index (χ2v) is 4.55. The topological polar surface area (TPSA) is 36.4 Å². The molecular weight excluding hydrogens is 262 g/mol. The molecular formula is C14H14ClN3O.